The molecule has 0 radical (unpaired) electrons. The molecule has 0 bridgehead atoms. The molecule has 20 heavy (non-hydrogen) atoms. The standard InChI is InChI=1S/C18H18O2/c19-16-11-5-4-9-15-10-6-12-17(18(15)16)20-13-14-7-2-1-3-8-14/h1-3,6-8,10,12H,4-5,9,11,13H2. The van der Waals surface area contributed by atoms with E-state index in [-0.39, 0.29) is 5.78 Å². The Morgan fingerprint density at radius 2 is 1.70 bits per heavy atom. The van der Waals surface area contributed by atoms with E-state index in [0.29, 0.717) is 13.0 Å². The first-order valence-electron chi connectivity index (χ1n) is 7.16. The molecule has 2 nitrogen and oxygen atoms in total. The molecule has 0 spiro atoms. The molecule has 0 aliphatic heterocycles. The van der Waals surface area contributed by atoms with Gasteiger partial charge in [-0.15, -0.1) is 0 Å². The Hall–Kier alpha value is -2.09. The maximum atomic E-state index is 12.3. The Morgan fingerprint density at radius 1 is 0.900 bits per heavy atom. The molecule has 0 aromatic heterocycles. The molecule has 0 saturated carbocycles. The van der Waals surface area contributed by atoms with E-state index in [2.05, 4.69) is 0 Å². The highest BCUT2D eigenvalue weighted by Gasteiger charge is 2.19. The molecule has 2 aromatic carbocycles. The zero-order valence-corrected chi connectivity index (χ0v) is 11.5. The van der Waals surface area contributed by atoms with Crippen LogP contribution >= 0.6 is 0 Å². The van der Waals surface area contributed by atoms with Crippen molar-refractivity contribution in [2.45, 2.75) is 32.3 Å². The molecular formula is C18H18O2. The van der Waals surface area contributed by atoms with E-state index >= 15 is 0 Å². The van der Waals surface area contributed by atoms with E-state index in [1.54, 1.807) is 0 Å². The minimum atomic E-state index is 0.223. The summed E-state index contributed by atoms with van der Waals surface area (Å²) in [5.74, 6) is 0.958. The first-order chi connectivity index (χ1) is 9.84. The molecule has 0 amide bonds. The molecule has 0 unspecified atom stereocenters. The van der Waals surface area contributed by atoms with E-state index < -0.39 is 0 Å². The molecule has 102 valence electrons. The van der Waals surface area contributed by atoms with Crippen LogP contribution in [0.3, 0.4) is 0 Å². The second kappa shape index (κ2) is 5.91. The molecule has 0 fully saturated rings. The molecular weight excluding hydrogens is 248 g/mol. The monoisotopic (exact) mass is 266 g/mol. The van der Waals surface area contributed by atoms with Gasteiger partial charge in [0.25, 0.3) is 0 Å². The van der Waals surface area contributed by atoms with Gasteiger partial charge in [0.2, 0.25) is 0 Å². The number of aryl methyl sites for hydroxylation is 1. The fourth-order valence-corrected chi connectivity index (χ4v) is 2.68. The molecule has 1 aliphatic rings. The first-order valence-corrected chi connectivity index (χ1v) is 7.16. The number of benzene rings is 2. The van der Waals surface area contributed by atoms with Crippen LogP contribution in [0, 0.1) is 0 Å². The number of hydrogen-bond donors (Lipinski definition) is 0. The maximum absolute atomic E-state index is 12.3. The van der Waals surface area contributed by atoms with Gasteiger partial charge < -0.3 is 4.74 Å². The highest BCUT2D eigenvalue weighted by Crippen LogP contribution is 2.29. The Kier molecular flexibility index (Phi) is 3.82. The van der Waals surface area contributed by atoms with Gasteiger partial charge in [0.05, 0.1) is 5.56 Å². The van der Waals surface area contributed by atoms with Crippen LogP contribution in [0.15, 0.2) is 48.5 Å². The maximum Gasteiger partial charge on any atom is 0.166 e. The fourth-order valence-electron chi connectivity index (χ4n) is 2.68. The van der Waals surface area contributed by atoms with Crippen molar-refractivity contribution in [2.75, 3.05) is 0 Å². The van der Waals surface area contributed by atoms with Crippen molar-refractivity contribution in [1.82, 2.24) is 0 Å². The van der Waals surface area contributed by atoms with Gasteiger partial charge in [-0.3, -0.25) is 4.79 Å². The first kappa shape index (κ1) is 12.9. The van der Waals surface area contributed by atoms with Crippen LogP contribution in [0.4, 0.5) is 0 Å². The van der Waals surface area contributed by atoms with Crippen molar-refractivity contribution in [2.24, 2.45) is 0 Å². The van der Waals surface area contributed by atoms with E-state index in [9.17, 15) is 4.79 Å². The predicted octanol–water partition coefficient (Wildman–Crippen LogP) is 4.17. The number of carbonyl (C=O) groups excluding carboxylic acids is 1. The van der Waals surface area contributed by atoms with Crippen LogP contribution in [0.25, 0.3) is 0 Å². The Labute approximate surface area is 119 Å². The van der Waals surface area contributed by atoms with Crippen LogP contribution in [-0.4, -0.2) is 5.78 Å². The smallest absolute Gasteiger partial charge is 0.166 e. The number of carbonyl (C=O) groups is 1. The molecule has 2 aromatic rings. The van der Waals surface area contributed by atoms with Crippen molar-refractivity contribution in [1.29, 1.82) is 0 Å². The molecule has 0 atom stereocenters. The van der Waals surface area contributed by atoms with Gasteiger partial charge in [-0.1, -0.05) is 42.5 Å². The highest BCUT2D eigenvalue weighted by molar-refractivity contribution is 6.00. The Morgan fingerprint density at radius 3 is 2.55 bits per heavy atom. The number of Topliss-reactive ketones (excluding diaryl/α,β-unsaturated/α-hetero) is 1. The number of fused-ring (bicyclic) bond motifs is 1. The van der Waals surface area contributed by atoms with Gasteiger partial charge in [0.15, 0.2) is 5.78 Å². The second-order valence-corrected chi connectivity index (χ2v) is 5.19. The summed E-state index contributed by atoms with van der Waals surface area (Å²) in [5.41, 5.74) is 3.06. The summed E-state index contributed by atoms with van der Waals surface area (Å²) in [6.07, 6.45) is 3.68. The second-order valence-electron chi connectivity index (χ2n) is 5.19. The highest BCUT2D eigenvalue weighted by atomic mass is 16.5. The van der Waals surface area contributed by atoms with E-state index in [1.807, 2.05) is 48.5 Å². The number of rotatable bonds is 3. The predicted molar refractivity (Wildman–Crippen MR) is 79.1 cm³/mol. The van der Waals surface area contributed by atoms with Crippen molar-refractivity contribution in [3.63, 3.8) is 0 Å². The number of hydrogen-bond acceptors (Lipinski definition) is 2. The molecule has 0 saturated heterocycles. The summed E-state index contributed by atoms with van der Waals surface area (Å²) < 4.78 is 5.90. The van der Waals surface area contributed by atoms with Gasteiger partial charge in [-0.25, -0.2) is 0 Å². The van der Waals surface area contributed by atoms with Crippen molar-refractivity contribution in [3.05, 3.63) is 65.2 Å². The quantitative estimate of drug-likeness (QED) is 0.779. The average molecular weight is 266 g/mol. The third kappa shape index (κ3) is 2.74. The topological polar surface area (TPSA) is 26.3 Å². The summed E-state index contributed by atoms with van der Waals surface area (Å²) in [7, 11) is 0. The van der Waals surface area contributed by atoms with Crippen LogP contribution in [0.2, 0.25) is 0 Å². The summed E-state index contributed by atoms with van der Waals surface area (Å²) in [6, 6.07) is 16.0. The van der Waals surface area contributed by atoms with Crippen LogP contribution in [0.1, 0.15) is 40.7 Å². The van der Waals surface area contributed by atoms with Crippen LogP contribution < -0.4 is 4.74 Å². The van der Waals surface area contributed by atoms with Crippen LogP contribution in [-0.2, 0) is 13.0 Å². The third-order valence-corrected chi connectivity index (χ3v) is 3.73. The Bertz CT molecular complexity index is 602. The minimum absolute atomic E-state index is 0.223. The average Bonchev–Trinajstić information content (AvgIpc) is 2.68. The lowest BCUT2D eigenvalue weighted by Crippen LogP contribution is -2.05. The van der Waals surface area contributed by atoms with E-state index in [0.717, 1.165) is 41.7 Å². The van der Waals surface area contributed by atoms with E-state index in [1.165, 1.54) is 0 Å². The molecule has 0 N–H and O–H groups in total. The van der Waals surface area contributed by atoms with Gasteiger partial charge in [0, 0.05) is 6.42 Å². The SMILES string of the molecule is O=C1CCCCc2cccc(OCc3ccccc3)c21. The van der Waals surface area contributed by atoms with Gasteiger partial charge in [-0.2, -0.15) is 0 Å². The normalized spacial score (nSPS) is 14.5. The van der Waals surface area contributed by atoms with Gasteiger partial charge in [-0.05, 0) is 36.5 Å². The minimum Gasteiger partial charge on any atom is -0.488 e. The summed E-state index contributed by atoms with van der Waals surface area (Å²) in [6.45, 7) is 0.505. The molecule has 2 heteroatoms. The summed E-state index contributed by atoms with van der Waals surface area (Å²) in [5, 5.41) is 0. The van der Waals surface area contributed by atoms with Crippen molar-refractivity contribution >= 4 is 5.78 Å². The molecule has 3 rings (SSSR count). The van der Waals surface area contributed by atoms with Gasteiger partial charge >= 0.3 is 0 Å². The Balaban J connectivity index is 1.85. The fraction of sp³-hybridized carbons (Fsp3) is 0.278. The van der Waals surface area contributed by atoms with E-state index in [4.69, 9.17) is 4.74 Å². The number of ketones is 1. The lowest BCUT2D eigenvalue weighted by molar-refractivity contribution is 0.0977. The largest absolute Gasteiger partial charge is 0.488 e. The number of ether oxygens (including phenoxy) is 1. The summed E-state index contributed by atoms with van der Waals surface area (Å²) in [4.78, 5) is 12.3. The van der Waals surface area contributed by atoms with Crippen LogP contribution in [0.5, 0.6) is 5.75 Å². The zero-order chi connectivity index (χ0) is 13.8. The molecule has 0 heterocycles. The van der Waals surface area contributed by atoms with Gasteiger partial charge in [0.1, 0.15) is 12.4 Å². The zero-order valence-electron chi connectivity index (χ0n) is 11.5. The lowest BCUT2D eigenvalue weighted by Gasteiger charge is -2.13. The lowest BCUT2D eigenvalue weighted by atomic mass is 10.0. The summed E-state index contributed by atoms with van der Waals surface area (Å²) >= 11 is 0. The molecule has 1 aliphatic carbocycles. The van der Waals surface area contributed by atoms with Crippen molar-refractivity contribution < 1.29 is 9.53 Å². The van der Waals surface area contributed by atoms with Crippen molar-refractivity contribution in [3.8, 4) is 5.75 Å². The third-order valence-electron chi connectivity index (χ3n) is 3.73.